The lowest BCUT2D eigenvalue weighted by Crippen LogP contribution is -2.53. The van der Waals surface area contributed by atoms with Gasteiger partial charge in [0.05, 0.1) is 12.7 Å². The second-order valence-corrected chi connectivity index (χ2v) is 12.6. The predicted octanol–water partition coefficient (Wildman–Crippen LogP) is 4.75. The van der Waals surface area contributed by atoms with Crippen LogP contribution in [0.15, 0.2) is 59.3 Å². The lowest BCUT2D eigenvalue weighted by molar-refractivity contribution is -0.145. The molecule has 2 N–H and O–H groups in total. The maximum absolute atomic E-state index is 12.5. The Kier molecular flexibility index (Phi) is 7.49. The summed E-state index contributed by atoms with van der Waals surface area (Å²) in [6.45, 7) is 6.43. The number of allylic oxidation sites excluding steroid dienone is 4. The third kappa shape index (κ3) is 5.06. The van der Waals surface area contributed by atoms with Gasteiger partial charge in [0.25, 0.3) is 5.91 Å². The number of hydrogen-bond acceptors (Lipinski definition) is 6. The molecule has 1 aromatic rings. The van der Waals surface area contributed by atoms with Crippen LogP contribution in [0.2, 0.25) is 0 Å². The van der Waals surface area contributed by atoms with E-state index in [1.54, 1.807) is 0 Å². The number of fused-ring (bicyclic) bond motifs is 5. The minimum absolute atomic E-state index is 0.0130. The average molecular weight is 535 g/mol. The van der Waals surface area contributed by atoms with Crippen LogP contribution >= 0.6 is 0 Å². The van der Waals surface area contributed by atoms with Crippen molar-refractivity contribution in [3.05, 3.63) is 59.7 Å². The number of methoxy groups -OCH3 is 1. The molecule has 0 saturated heterocycles. The van der Waals surface area contributed by atoms with Gasteiger partial charge in [-0.3, -0.25) is 4.79 Å². The van der Waals surface area contributed by atoms with Crippen LogP contribution in [0.3, 0.4) is 0 Å². The molecule has 0 unspecified atom stereocenters. The summed E-state index contributed by atoms with van der Waals surface area (Å²) in [6, 6.07) is 8.68. The minimum Gasteiger partial charge on any atom is -0.467 e. The zero-order chi connectivity index (χ0) is 27.8. The van der Waals surface area contributed by atoms with E-state index in [1.807, 2.05) is 43.3 Å². The highest BCUT2D eigenvalue weighted by molar-refractivity contribution is 6.05. The first-order valence-corrected chi connectivity index (χ1v) is 14.3. The smallest absolute Gasteiger partial charge is 0.328 e. The van der Waals surface area contributed by atoms with Gasteiger partial charge in [-0.2, -0.15) is 0 Å². The first kappa shape index (κ1) is 27.6. The average Bonchev–Trinajstić information content (AvgIpc) is 3.17. The molecule has 7 heteroatoms. The zero-order valence-corrected chi connectivity index (χ0v) is 23.6. The molecule has 5 rings (SSSR count). The van der Waals surface area contributed by atoms with Crippen molar-refractivity contribution in [1.82, 2.24) is 5.32 Å². The second-order valence-electron chi connectivity index (χ2n) is 12.6. The number of benzene rings is 1. The van der Waals surface area contributed by atoms with Crippen LogP contribution in [0.5, 0.6) is 0 Å². The number of ether oxygens (including phenoxy) is 1. The lowest BCUT2D eigenvalue weighted by Gasteiger charge is -2.58. The van der Waals surface area contributed by atoms with Crippen molar-refractivity contribution in [3.8, 4) is 0 Å². The van der Waals surface area contributed by atoms with Crippen LogP contribution in [-0.4, -0.2) is 48.1 Å². The highest BCUT2D eigenvalue weighted by Crippen LogP contribution is 2.66. The van der Waals surface area contributed by atoms with E-state index in [2.05, 4.69) is 36.5 Å². The van der Waals surface area contributed by atoms with E-state index in [9.17, 15) is 14.7 Å². The SMILES string of the molecule is COC(=O)[C@H](Cc1ccccc1)NC(=O)CO/N=C1/C=C[C@@]2(C)C(=C1)CC[C@@H]1[C@@H]2CC[C@@]2(C)[C@H]1CC[C@]2(C)O. The Labute approximate surface area is 231 Å². The quantitative estimate of drug-likeness (QED) is 0.389. The van der Waals surface area contributed by atoms with E-state index in [4.69, 9.17) is 9.57 Å². The van der Waals surface area contributed by atoms with Gasteiger partial charge < -0.3 is 20.0 Å². The van der Waals surface area contributed by atoms with Crippen molar-refractivity contribution in [1.29, 1.82) is 0 Å². The molecule has 0 spiro atoms. The minimum atomic E-state index is -0.797. The predicted molar refractivity (Wildman–Crippen MR) is 150 cm³/mol. The summed E-state index contributed by atoms with van der Waals surface area (Å²) in [6.07, 6.45) is 13.1. The van der Waals surface area contributed by atoms with Crippen molar-refractivity contribution in [2.24, 2.45) is 33.7 Å². The molecule has 3 saturated carbocycles. The Morgan fingerprint density at radius 2 is 1.85 bits per heavy atom. The van der Waals surface area contributed by atoms with Gasteiger partial charge in [0.2, 0.25) is 0 Å². The fourth-order valence-corrected chi connectivity index (χ4v) is 8.09. The Bertz CT molecular complexity index is 1190. The molecule has 7 atom stereocenters. The second kappa shape index (κ2) is 10.6. The van der Waals surface area contributed by atoms with Gasteiger partial charge in [0, 0.05) is 11.8 Å². The van der Waals surface area contributed by atoms with Crippen molar-refractivity contribution in [2.75, 3.05) is 13.7 Å². The van der Waals surface area contributed by atoms with E-state index in [-0.39, 0.29) is 17.4 Å². The molecule has 0 heterocycles. The summed E-state index contributed by atoms with van der Waals surface area (Å²) in [4.78, 5) is 30.2. The van der Waals surface area contributed by atoms with Gasteiger partial charge in [0.15, 0.2) is 6.61 Å². The molecule has 4 aliphatic rings. The molecule has 210 valence electrons. The Hall–Kier alpha value is -2.93. The van der Waals surface area contributed by atoms with Gasteiger partial charge in [0.1, 0.15) is 11.8 Å². The van der Waals surface area contributed by atoms with Gasteiger partial charge >= 0.3 is 5.97 Å². The summed E-state index contributed by atoms with van der Waals surface area (Å²) >= 11 is 0. The van der Waals surface area contributed by atoms with Crippen molar-refractivity contribution < 1.29 is 24.3 Å². The summed E-state index contributed by atoms with van der Waals surface area (Å²) in [5.74, 6) is 0.833. The topological polar surface area (TPSA) is 97.2 Å². The number of carbonyl (C=O) groups excluding carboxylic acids is 2. The highest BCUT2D eigenvalue weighted by atomic mass is 16.6. The monoisotopic (exact) mass is 534 g/mol. The van der Waals surface area contributed by atoms with Gasteiger partial charge in [-0.1, -0.05) is 61.0 Å². The molecule has 3 fully saturated rings. The number of carbonyl (C=O) groups is 2. The summed E-state index contributed by atoms with van der Waals surface area (Å²) in [5.41, 5.74) is 2.43. The number of esters is 1. The third-order valence-corrected chi connectivity index (χ3v) is 10.6. The number of oxime groups is 1. The first-order valence-electron chi connectivity index (χ1n) is 14.3. The number of nitrogens with one attached hydrogen (secondary N) is 1. The summed E-state index contributed by atoms with van der Waals surface area (Å²) in [5, 5.41) is 18.1. The normalized spacial score (nSPS) is 36.7. The molecule has 7 nitrogen and oxygen atoms in total. The number of nitrogens with zero attached hydrogens (tertiary/aromatic N) is 1. The summed E-state index contributed by atoms with van der Waals surface area (Å²) < 4.78 is 4.87. The molecule has 1 amide bonds. The molecule has 0 aromatic heterocycles. The van der Waals surface area contributed by atoms with Gasteiger partial charge in [-0.15, -0.1) is 0 Å². The van der Waals surface area contributed by atoms with E-state index < -0.39 is 23.5 Å². The van der Waals surface area contributed by atoms with Gasteiger partial charge in [-0.05, 0) is 86.3 Å². The van der Waals surface area contributed by atoms with Crippen LogP contribution < -0.4 is 5.32 Å². The standard InChI is InChI=1S/C32H42N2O5/c1-30-15-12-23(34-39-20-28(35)33-27(29(36)38-4)18-21-8-6-5-7-9-21)19-22(30)10-11-24-25(30)13-16-31(2)26(24)14-17-32(31,3)37/h5-9,12,15,19,24-27,37H,10-11,13-14,16-18,20H2,1-4H3,(H,33,35)/b34-23-/t24-,25+,26+,27+,30+,31+,32+/m1/s1. The molecule has 0 bridgehead atoms. The van der Waals surface area contributed by atoms with Crippen LogP contribution in [-0.2, 0) is 25.6 Å². The maximum atomic E-state index is 12.5. The van der Waals surface area contributed by atoms with E-state index in [0.29, 0.717) is 29.9 Å². The molecule has 1 aromatic carbocycles. The van der Waals surface area contributed by atoms with Crippen molar-refractivity contribution in [3.63, 3.8) is 0 Å². The van der Waals surface area contributed by atoms with E-state index >= 15 is 0 Å². The maximum Gasteiger partial charge on any atom is 0.328 e. The number of aliphatic hydroxyl groups is 1. The molecule has 4 aliphatic carbocycles. The third-order valence-electron chi connectivity index (χ3n) is 10.6. The molecule has 0 aliphatic heterocycles. The highest BCUT2D eigenvalue weighted by Gasteiger charge is 2.61. The fourth-order valence-electron chi connectivity index (χ4n) is 8.09. The zero-order valence-electron chi connectivity index (χ0n) is 23.6. The van der Waals surface area contributed by atoms with Crippen molar-refractivity contribution >= 4 is 17.6 Å². The Morgan fingerprint density at radius 3 is 2.59 bits per heavy atom. The molecular weight excluding hydrogens is 492 g/mol. The number of rotatable bonds is 7. The van der Waals surface area contributed by atoms with Crippen LogP contribution in [0.25, 0.3) is 0 Å². The summed E-state index contributed by atoms with van der Waals surface area (Å²) in [7, 11) is 1.31. The fraction of sp³-hybridized carbons (Fsp3) is 0.594. The van der Waals surface area contributed by atoms with Crippen LogP contribution in [0.1, 0.15) is 64.9 Å². The number of amides is 1. The Morgan fingerprint density at radius 1 is 1.10 bits per heavy atom. The van der Waals surface area contributed by atoms with E-state index in [0.717, 1.165) is 44.1 Å². The van der Waals surface area contributed by atoms with E-state index in [1.165, 1.54) is 12.7 Å². The molecule has 0 radical (unpaired) electrons. The number of hydrogen-bond donors (Lipinski definition) is 2. The first-order chi connectivity index (χ1) is 18.6. The Balaban J connectivity index is 1.20. The molecule has 39 heavy (non-hydrogen) atoms. The van der Waals surface area contributed by atoms with Crippen LogP contribution in [0, 0.1) is 28.6 Å². The largest absolute Gasteiger partial charge is 0.467 e. The molecular formula is C32H42N2O5. The van der Waals surface area contributed by atoms with Crippen molar-refractivity contribution in [2.45, 2.75) is 77.4 Å². The lowest BCUT2D eigenvalue weighted by atomic mass is 9.47. The van der Waals surface area contributed by atoms with Gasteiger partial charge in [-0.25, -0.2) is 4.79 Å². The van der Waals surface area contributed by atoms with Crippen LogP contribution in [0.4, 0.5) is 0 Å².